The molecular formula is C26H31F3N4O2. The van der Waals surface area contributed by atoms with Crippen molar-refractivity contribution in [3.8, 4) is 0 Å². The molecule has 0 radical (unpaired) electrons. The van der Waals surface area contributed by atoms with Crippen LogP contribution in [0.5, 0.6) is 0 Å². The molecule has 2 aromatic rings. The Kier molecular flexibility index (Phi) is 7.93. The summed E-state index contributed by atoms with van der Waals surface area (Å²) < 4.78 is 39.5. The quantitative estimate of drug-likeness (QED) is 0.462. The van der Waals surface area contributed by atoms with E-state index in [4.69, 9.17) is 0 Å². The van der Waals surface area contributed by atoms with Crippen LogP contribution < -0.4 is 15.5 Å². The highest BCUT2D eigenvalue weighted by Gasteiger charge is 2.35. The van der Waals surface area contributed by atoms with Gasteiger partial charge in [-0.1, -0.05) is 18.2 Å². The molecule has 1 saturated carbocycles. The van der Waals surface area contributed by atoms with Crippen LogP contribution >= 0.6 is 0 Å². The lowest BCUT2D eigenvalue weighted by Crippen LogP contribution is -2.41. The van der Waals surface area contributed by atoms with Crippen molar-refractivity contribution in [2.45, 2.75) is 50.7 Å². The molecule has 1 saturated heterocycles. The Labute approximate surface area is 203 Å². The van der Waals surface area contributed by atoms with E-state index in [1.807, 2.05) is 18.2 Å². The molecule has 2 aromatic carbocycles. The van der Waals surface area contributed by atoms with Crippen molar-refractivity contribution in [1.29, 1.82) is 0 Å². The van der Waals surface area contributed by atoms with Gasteiger partial charge in [-0.3, -0.25) is 4.79 Å². The van der Waals surface area contributed by atoms with E-state index in [0.29, 0.717) is 43.8 Å². The Morgan fingerprint density at radius 3 is 2.29 bits per heavy atom. The molecule has 4 rings (SSSR count). The van der Waals surface area contributed by atoms with Crippen LogP contribution in [0, 0.1) is 16.7 Å². The number of benzene rings is 2. The number of hydrogen-bond acceptors (Lipinski definition) is 5. The average Bonchev–Trinajstić information content (AvgIpc) is 2.88. The Morgan fingerprint density at radius 2 is 1.66 bits per heavy atom. The van der Waals surface area contributed by atoms with Crippen LogP contribution in [0.2, 0.25) is 0 Å². The fraction of sp³-hybridized carbons (Fsp3) is 0.500. The Morgan fingerprint density at radius 1 is 0.971 bits per heavy atom. The smallest absolute Gasteiger partial charge is 0.382 e. The summed E-state index contributed by atoms with van der Waals surface area (Å²) in [4.78, 5) is 25.8. The molecule has 1 aliphatic carbocycles. The summed E-state index contributed by atoms with van der Waals surface area (Å²) in [5.41, 5.74) is -0.111. The first kappa shape index (κ1) is 25.0. The van der Waals surface area contributed by atoms with Crippen molar-refractivity contribution in [1.82, 2.24) is 5.32 Å². The Bertz CT molecular complexity index is 999. The lowest BCUT2D eigenvalue weighted by Gasteiger charge is -2.34. The first-order valence-corrected chi connectivity index (χ1v) is 12.2. The fourth-order valence-electron chi connectivity index (χ4n) is 5.09. The molecule has 0 bridgehead atoms. The van der Waals surface area contributed by atoms with Crippen molar-refractivity contribution < 1.29 is 18.0 Å². The highest BCUT2D eigenvalue weighted by Crippen LogP contribution is 2.38. The molecule has 2 aliphatic rings. The van der Waals surface area contributed by atoms with E-state index in [2.05, 4.69) is 32.8 Å². The summed E-state index contributed by atoms with van der Waals surface area (Å²) in [5, 5.41) is 8.74. The van der Waals surface area contributed by atoms with E-state index >= 15 is 0 Å². The van der Waals surface area contributed by atoms with Gasteiger partial charge >= 0.3 is 6.18 Å². The average molecular weight is 489 g/mol. The van der Waals surface area contributed by atoms with Crippen LogP contribution in [0.25, 0.3) is 0 Å². The van der Waals surface area contributed by atoms with E-state index in [1.54, 1.807) is 0 Å². The maximum atomic E-state index is 13.2. The van der Waals surface area contributed by atoms with Crippen LogP contribution in [-0.4, -0.2) is 31.6 Å². The number of para-hydroxylation sites is 1. The van der Waals surface area contributed by atoms with Gasteiger partial charge in [-0.2, -0.15) is 13.2 Å². The molecule has 1 heterocycles. The topological polar surface area (TPSA) is 73.8 Å². The summed E-state index contributed by atoms with van der Waals surface area (Å²) in [6.45, 7) is 2.67. The van der Waals surface area contributed by atoms with Gasteiger partial charge in [0.1, 0.15) is 5.69 Å². The van der Waals surface area contributed by atoms with Crippen molar-refractivity contribution in [3.63, 3.8) is 0 Å². The maximum absolute atomic E-state index is 13.2. The Balaban J connectivity index is 1.19. The molecule has 0 unspecified atom stereocenters. The summed E-state index contributed by atoms with van der Waals surface area (Å²) in [6.07, 6.45) is 0.223. The third kappa shape index (κ3) is 6.52. The molecule has 35 heavy (non-hydrogen) atoms. The second-order valence-electron chi connectivity index (χ2n) is 9.52. The predicted octanol–water partition coefficient (Wildman–Crippen LogP) is 6.11. The molecule has 188 valence electrons. The van der Waals surface area contributed by atoms with Gasteiger partial charge in [-0.05, 0) is 80.0 Å². The first-order valence-electron chi connectivity index (χ1n) is 12.2. The van der Waals surface area contributed by atoms with E-state index in [0.717, 1.165) is 38.1 Å². The van der Waals surface area contributed by atoms with E-state index in [-0.39, 0.29) is 17.9 Å². The van der Waals surface area contributed by atoms with Gasteiger partial charge in [0.25, 0.3) is 0 Å². The first-order chi connectivity index (χ1) is 16.8. The number of anilines is 2. The molecule has 1 aliphatic heterocycles. The van der Waals surface area contributed by atoms with Gasteiger partial charge in [0, 0.05) is 43.0 Å². The normalized spacial score (nSPS) is 21.4. The Hall–Kier alpha value is -3.10. The van der Waals surface area contributed by atoms with Crippen molar-refractivity contribution >= 4 is 23.0 Å². The predicted molar refractivity (Wildman–Crippen MR) is 131 cm³/mol. The molecule has 1 amide bonds. The number of piperidine rings is 1. The van der Waals surface area contributed by atoms with Crippen LogP contribution in [0.15, 0.2) is 53.7 Å². The second kappa shape index (κ2) is 11.1. The second-order valence-corrected chi connectivity index (χ2v) is 9.52. The summed E-state index contributed by atoms with van der Waals surface area (Å²) >= 11 is 0. The van der Waals surface area contributed by atoms with Crippen molar-refractivity contribution in [2.75, 3.05) is 29.9 Å². The minimum atomic E-state index is -4.64. The molecule has 9 heteroatoms. The number of halogens is 3. The lowest BCUT2D eigenvalue weighted by molar-refractivity contribution is -0.137. The largest absolute Gasteiger partial charge is 0.418 e. The highest BCUT2D eigenvalue weighted by atomic mass is 19.4. The zero-order chi connectivity index (χ0) is 24.8. The van der Waals surface area contributed by atoms with Crippen LogP contribution in [0.3, 0.4) is 0 Å². The minimum Gasteiger partial charge on any atom is -0.382 e. The number of alkyl halides is 3. The van der Waals surface area contributed by atoms with Gasteiger partial charge in [0.15, 0.2) is 0 Å². The van der Waals surface area contributed by atoms with Crippen molar-refractivity contribution in [2.24, 2.45) is 17.0 Å². The number of rotatable bonds is 7. The molecule has 6 nitrogen and oxygen atoms in total. The molecule has 0 spiro atoms. The van der Waals surface area contributed by atoms with Gasteiger partial charge in [-0.25, -0.2) is 0 Å². The number of nitroso groups, excluding NO2 is 1. The van der Waals surface area contributed by atoms with E-state index < -0.39 is 17.4 Å². The van der Waals surface area contributed by atoms with E-state index in [9.17, 15) is 22.9 Å². The molecular weight excluding hydrogens is 457 g/mol. The molecule has 2 N–H and O–H groups in total. The number of hydrogen-bond donors (Lipinski definition) is 2. The van der Waals surface area contributed by atoms with Crippen LogP contribution in [0.4, 0.5) is 30.2 Å². The van der Waals surface area contributed by atoms with Crippen LogP contribution in [0.1, 0.15) is 44.1 Å². The van der Waals surface area contributed by atoms with Gasteiger partial charge in [-0.15, -0.1) is 4.91 Å². The number of carbonyl (C=O) groups excluding carboxylic acids is 1. The standard InChI is InChI=1S/C26H31F3N4O2/c27-26(28,29)23-16-21(10-11-24(23)32-35)31-20-8-6-19(7-9-20)25(34)30-17-18-12-14-33(15-13-18)22-4-2-1-3-5-22/h1-5,10-11,16,18-20,31H,6-9,12-15,17H2,(H,30,34). The fourth-order valence-corrected chi connectivity index (χ4v) is 5.09. The molecule has 0 atom stereocenters. The summed E-state index contributed by atoms with van der Waals surface area (Å²) in [7, 11) is 0. The lowest BCUT2D eigenvalue weighted by atomic mass is 9.85. The van der Waals surface area contributed by atoms with Gasteiger partial charge in [0.05, 0.1) is 5.56 Å². The minimum absolute atomic E-state index is 0.0162. The monoisotopic (exact) mass is 488 g/mol. The van der Waals surface area contributed by atoms with Gasteiger partial charge in [0.2, 0.25) is 5.91 Å². The number of amides is 1. The maximum Gasteiger partial charge on any atom is 0.418 e. The SMILES string of the molecule is O=Nc1ccc(NC2CCC(C(=O)NCC3CCN(c4ccccc4)CC3)CC2)cc1C(F)(F)F. The number of carbonyl (C=O) groups is 1. The third-order valence-electron chi connectivity index (χ3n) is 7.17. The molecule has 0 aromatic heterocycles. The van der Waals surface area contributed by atoms with Gasteiger partial charge < -0.3 is 15.5 Å². The van der Waals surface area contributed by atoms with Crippen LogP contribution in [-0.2, 0) is 11.0 Å². The number of nitrogens with zero attached hydrogens (tertiary/aromatic N) is 2. The molecule has 2 fully saturated rings. The zero-order valence-electron chi connectivity index (χ0n) is 19.6. The highest BCUT2D eigenvalue weighted by molar-refractivity contribution is 5.78. The zero-order valence-corrected chi connectivity index (χ0v) is 19.6. The summed E-state index contributed by atoms with van der Waals surface area (Å²) in [6, 6.07) is 13.8. The van der Waals surface area contributed by atoms with Crippen molar-refractivity contribution in [3.05, 3.63) is 59.0 Å². The van der Waals surface area contributed by atoms with E-state index in [1.165, 1.54) is 11.8 Å². The number of nitrogens with one attached hydrogen (secondary N) is 2. The summed E-state index contributed by atoms with van der Waals surface area (Å²) in [5.74, 6) is 0.489. The third-order valence-corrected chi connectivity index (χ3v) is 7.17.